The third-order valence-electron chi connectivity index (χ3n) is 2.76. The van der Waals surface area contributed by atoms with E-state index in [-0.39, 0.29) is 6.61 Å². The van der Waals surface area contributed by atoms with Crippen molar-refractivity contribution in [3.05, 3.63) is 58.3 Å². The van der Waals surface area contributed by atoms with Crippen molar-refractivity contribution < 1.29 is 9.84 Å². The van der Waals surface area contributed by atoms with Gasteiger partial charge in [-0.3, -0.25) is 4.98 Å². The van der Waals surface area contributed by atoms with Gasteiger partial charge in [-0.1, -0.05) is 29.3 Å². The van der Waals surface area contributed by atoms with E-state index in [0.29, 0.717) is 28.9 Å². The summed E-state index contributed by atoms with van der Waals surface area (Å²) < 4.78 is 5.46. The first-order chi connectivity index (χ1) is 10.1. The van der Waals surface area contributed by atoms with Crippen LogP contribution in [-0.2, 0) is 6.54 Å². The van der Waals surface area contributed by atoms with Gasteiger partial charge in [0.05, 0.1) is 5.02 Å². The Labute approximate surface area is 133 Å². The van der Waals surface area contributed by atoms with Gasteiger partial charge in [0.1, 0.15) is 18.5 Å². The molecule has 2 N–H and O–H groups in total. The molecular weight excluding hydrogens is 311 g/mol. The molecule has 1 aromatic heterocycles. The predicted octanol–water partition coefficient (Wildman–Crippen LogP) is 2.92. The molecule has 4 nitrogen and oxygen atoms in total. The van der Waals surface area contributed by atoms with Crippen LogP contribution >= 0.6 is 23.2 Å². The second-order valence-corrected chi connectivity index (χ2v) is 5.38. The minimum Gasteiger partial charge on any atom is -0.489 e. The Kier molecular flexibility index (Phi) is 6.26. The van der Waals surface area contributed by atoms with Crippen molar-refractivity contribution in [1.82, 2.24) is 10.3 Å². The average Bonchev–Trinajstić information content (AvgIpc) is 2.47. The van der Waals surface area contributed by atoms with Crippen LogP contribution in [-0.4, -0.2) is 29.3 Å². The van der Waals surface area contributed by atoms with Gasteiger partial charge < -0.3 is 15.2 Å². The van der Waals surface area contributed by atoms with E-state index in [0.717, 1.165) is 5.56 Å². The van der Waals surface area contributed by atoms with E-state index in [1.807, 2.05) is 12.1 Å². The van der Waals surface area contributed by atoms with E-state index in [1.54, 1.807) is 30.6 Å². The van der Waals surface area contributed by atoms with Crippen LogP contribution in [0.1, 0.15) is 5.56 Å². The number of aliphatic hydroxyl groups is 1. The third-order valence-corrected chi connectivity index (χ3v) is 3.29. The molecule has 0 aliphatic rings. The van der Waals surface area contributed by atoms with Crippen LogP contribution in [0.15, 0.2) is 42.7 Å². The van der Waals surface area contributed by atoms with Crippen molar-refractivity contribution in [3.8, 4) is 5.75 Å². The number of nitrogens with zero attached hydrogens (tertiary/aromatic N) is 1. The molecule has 1 atom stereocenters. The minimum atomic E-state index is -0.631. The van der Waals surface area contributed by atoms with Gasteiger partial charge in [-0.05, 0) is 29.8 Å². The number of aromatic nitrogens is 1. The summed E-state index contributed by atoms with van der Waals surface area (Å²) in [6.07, 6.45) is 2.87. The fraction of sp³-hybridized carbons (Fsp3) is 0.267. The first-order valence-electron chi connectivity index (χ1n) is 6.50. The Bertz CT molecular complexity index is 567. The van der Waals surface area contributed by atoms with Crippen molar-refractivity contribution in [2.45, 2.75) is 12.6 Å². The molecule has 6 heteroatoms. The number of aliphatic hydroxyl groups excluding tert-OH is 1. The Hall–Kier alpha value is -1.33. The molecule has 0 saturated heterocycles. The lowest BCUT2D eigenvalue weighted by Crippen LogP contribution is -2.31. The van der Waals surface area contributed by atoms with Gasteiger partial charge in [0.25, 0.3) is 0 Å². The molecule has 0 saturated carbocycles. The Morgan fingerprint density at radius 2 is 2.14 bits per heavy atom. The highest BCUT2D eigenvalue weighted by molar-refractivity contribution is 6.35. The maximum absolute atomic E-state index is 9.86. The number of nitrogens with one attached hydrogen (secondary N) is 1. The van der Waals surface area contributed by atoms with Crippen LogP contribution in [0.2, 0.25) is 10.0 Å². The van der Waals surface area contributed by atoms with E-state index < -0.39 is 6.10 Å². The van der Waals surface area contributed by atoms with Gasteiger partial charge in [-0.15, -0.1) is 0 Å². The van der Waals surface area contributed by atoms with Crippen molar-refractivity contribution in [2.75, 3.05) is 13.2 Å². The van der Waals surface area contributed by atoms with E-state index in [2.05, 4.69) is 10.3 Å². The van der Waals surface area contributed by atoms with Crippen molar-refractivity contribution in [2.24, 2.45) is 0 Å². The largest absolute Gasteiger partial charge is 0.489 e. The molecule has 2 rings (SSSR count). The molecule has 0 aliphatic heterocycles. The van der Waals surface area contributed by atoms with Crippen LogP contribution in [0.4, 0.5) is 0 Å². The molecule has 0 radical (unpaired) electrons. The van der Waals surface area contributed by atoms with Gasteiger partial charge in [0.2, 0.25) is 0 Å². The second kappa shape index (κ2) is 8.20. The van der Waals surface area contributed by atoms with Crippen LogP contribution in [0.25, 0.3) is 0 Å². The number of hydrogen-bond acceptors (Lipinski definition) is 4. The van der Waals surface area contributed by atoms with Crippen LogP contribution in [0.5, 0.6) is 5.75 Å². The fourth-order valence-electron chi connectivity index (χ4n) is 1.72. The molecule has 0 spiro atoms. The quantitative estimate of drug-likeness (QED) is 0.821. The molecule has 1 aromatic carbocycles. The van der Waals surface area contributed by atoms with Gasteiger partial charge in [-0.2, -0.15) is 0 Å². The molecule has 0 fully saturated rings. The zero-order valence-electron chi connectivity index (χ0n) is 11.3. The predicted molar refractivity (Wildman–Crippen MR) is 83.9 cm³/mol. The minimum absolute atomic E-state index is 0.154. The number of pyridine rings is 1. The van der Waals surface area contributed by atoms with Crippen LogP contribution < -0.4 is 10.1 Å². The topological polar surface area (TPSA) is 54.4 Å². The molecule has 112 valence electrons. The summed E-state index contributed by atoms with van der Waals surface area (Å²) in [4.78, 5) is 4.02. The fourth-order valence-corrected chi connectivity index (χ4v) is 2.19. The van der Waals surface area contributed by atoms with Gasteiger partial charge in [-0.25, -0.2) is 0 Å². The third kappa shape index (κ3) is 5.52. The molecule has 1 heterocycles. The molecule has 0 aliphatic carbocycles. The van der Waals surface area contributed by atoms with Crippen molar-refractivity contribution in [1.29, 1.82) is 0 Å². The highest BCUT2D eigenvalue weighted by Crippen LogP contribution is 2.27. The summed E-state index contributed by atoms with van der Waals surface area (Å²) >= 11 is 11.8. The summed E-state index contributed by atoms with van der Waals surface area (Å²) in [6.45, 7) is 1.22. The van der Waals surface area contributed by atoms with E-state index in [1.165, 1.54) is 0 Å². The Morgan fingerprint density at radius 3 is 2.86 bits per heavy atom. The number of hydrogen-bond donors (Lipinski definition) is 2. The molecule has 2 aromatic rings. The lowest BCUT2D eigenvalue weighted by molar-refractivity contribution is 0.106. The lowest BCUT2D eigenvalue weighted by Gasteiger charge is -2.14. The number of halogens is 2. The summed E-state index contributed by atoms with van der Waals surface area (Å²) in [5.74, 6) is 0.507. The van der Waals surface area contributed by atoms with Gasteiger partial charge >= 0.3 is 0 Å². The maximum atomic E-state index is 9.86. The summed E-state index contributed by atoms with van der Waals surface area (Å²) in [6, 6.07) is 8.82. The summed E-state index contributed by atoms with van der Waals surface area (Å²) in [5, 5.41) is 14.0. The standard InChI is InChI=1S/C15H16Cl2N2O2/c16-12-3-4-15(14(17)6-12)21-10-13(20)9-19-8-11-2-1-5-18-7-11/h1-7,13,19-20H,8-10H2. The second-order valence-electron chi connectivity index (χ2n) is 4.53. The van der Waals surface area contributed by atoms with Gasteiger partial charge in [0, 0.05) is 30.5 Å². The van der Waals surface area contributed by atoms with Crippen LogP contribution in [0.3, 0.4) is 0 Å². The summed E-state index contributed by atoms with van der Waals surface area (Å²) in [5.41, 5.74) is 1.06. The number of ether oxygens (including phenoxy) is 1. The molecule has 0 bridgehead atoms. The maximum Gasteiger partial charge on any atom is 0.138 e. The number of rotatable bonds is 7. The summed E-state index contributed by atoms with van der Waals surface area (Å²) in [7, 11) is 0. The average molecular weight is 327 g/mol. The first kappa shape index (κ1) is 16.0. The van der Waals surface area contributed by atoms with E-state index in [4.69, 9.17) is 27.9 Å². The lowest BCUT2D eigenvalue weighted by atomic mass is 10.3. The molecular formula is C15H16Cl2N2O2. The smallest absolute Gasteiger partial charge is 0.138 e. The van der Waals surface area contributed by atoms with E-state index >= 15 is 0 Å². The molecule has 1 unspecified atom stereocenters. The number of benzene rings is 1. The highest BCUT2D eigenvalue weighted by Gasteiger charge is 2.07. The first-order valence-corrected chi connectivity index (χ1v) is 7.26. The zero-order chi connectivity index (χ0) is 15.1. The van der Waals surface area contributed by atoms with Crippen LogP contribution in [0, 0.1) is 0 Å². The SMILES string of the molecule is OC(CNCc1cccnc1)COc1ccc(Cl)cc1Cl. The monoisotopic (exact) mass is 326 g/mol. The molecule has 0 amide bonds. The van der Waals surface area contributed by atoms with Gasteiger partial charge in [0.15, 0.2) is 0 Å². The van der Waals surface area contributed by atoms with Crippen molar-refractivity contribution in [3.63, 3.8) is 0 Å². The van der Waals surface area contributed by atoms with Crippen molar-refractivity contribution >= 4 is 23.2 Å². The zero-order valence-corrected chi connectivity index (χ0v) is 12.8. The van der Waals surface area contributed by atoms with E-state index in [9.17, 15) is 5.11 Å². The molecule has 21 heavy (non-hydrogen) atoms. The Balaban J connectivity index is 1.71. The Morgan fingerprint density at radius 1 is 1.29 bits per heavy atom. The normalized spacial score (nSPS) is 12.1. The highest BCUT2D eigenvalue weighted by atomic mass is 35.5.